The van der Waals surface area contributed by atoms with Crippen LogP contribution in [0.3, 0.4) is 0 Å². The van der Waals surface area contributed by atoms with E-state index in [1.165, 1.54) is 0 Å². The third-order valence-electron chi connectivity index (χ3n) is 0. The second-order valence-electron chi connectivity index (χ2n) is 0. The van der Waals surface area contributed by atoms with Gasteiger partial charge in [0.15, 0.2) is 0 Å². The summed E-state index contributed by atoms with van der Waals surface area (Å²) in [5.41, 5.74) is 0. The summed E-state index contributed by atoms with van der Waals surface area (Å²) in [6.07, 6.45) is 0. The maximum Gasteiger partial charge on any atom is 4.00 e. The Labute approximate surface area is 79.8 Å². The van der Waals surface area contributed by atoms with Crippen LogP contribution in [0.2, 0.25) is 0 Å². The van der Waals surface area contributed by atoms with Crippen molar-refractivity contribution in [1.29, 1.82) is 0 Å². The van der Waals surface area contributed by atoms with Gasteiger partial charge >= 0.3 is 69.7 Å². The van der Waals surface area contributed by atoms with E-state index >= 15 is 0 Å². The first kappa shape index (κ1) is 44.2. The first-order chi connectivity index (χ1) is 1.00. The molecule has 0 fully saturated rings. The topological polar surface area (TPSA) is 74.1 Å². The Bertz CT molecular complexity index is 10.8. The molecule has 0 aromatic rings. The fourth-order valence-corrected chi connectivity index (χ4v) is 0. The predicted molar refractivity (Wildman–Crippen MR) is 2.06 cm³/mol. The van der Waals surface area contributed by atoms with Crippen LogP contribution in [-0.4, -0.2) is 0 Å². The van der Waals surface area contributed by atoms with Gasteiger partial charge in [-0.05, 0) is 0 Å². The normalized spacial score (nSPS) is 0.667. The van der Waals surface area contributed by atoms with Crippen LogP contribution in [-0.2, 0) is 80.7 Å². The fraction of sp³-hybridized carbons (Fsp3) is 0. The smallest absolute Gasteiger partial charge is 4.00 e. The summed E-state index contributed by atoms with van der Waals surface area (Å²) in [5, 5.41) is 0. The van der Waals surface area contributed by atoms with Gasteiger partial charge in [-0.1, -0.05) is 0 Å². The molecule has 29 valence electrons. The minimum Gasteiger partial charge on any atom is 4.00 e. The molecular weight excluding hydrogens is 288 g/mol. The third kappa shape index (κ3) is 38.5. The Kier molecular flexibility index (Phi) is 479. The van der Waals surface area contributed by atoms with Crippen LogP contribution < -0.4 is 0 Å². The van der Waals surface area contributed by atoms with E-state index in [1.54, 1.807) is 0 Å². The number of hydrogen-bond donors (Lipinski definition) is 0. The fourth-order valence-electron chi connectivity index (χ4n) is 0. The van der Waals surface area contributed by atoms with Crippen LogP contribution in [0.4, 0.5) is 0 Å². The third-order valence-corrected chi connectivity index (χ3v) is 0. The maximum atomic E-state index is 8.18. The van der Waals surface area contributed by atoms with Crippen molar-refractivity contribution in [2.24, 2.45) is 0 Å². The molecule has 0 aliphatic rings. The summed E-state index contributed by atoms with van der Waals surface area (Å²) in [4.78, 5) is 0. The van der Waals surface area contributed by atoms with Crippen molar-refractivity contribution in [3.05, 3.63) is 0 Å². The van der Waals surface area contributed by atoms with E-state index < -0.39 is 0 Å². The van der Waals surface area contributed by atoms with Crippen LogP contribution in [0.25, 0.3) is 0 Å². The molecule has 0 aliphatic heterocycles. The van der Waals surface area contributed by atoms with E-state index in [9.17, 15) is 0 Å². The van der Waals surface area contributed by atoms with E-state index in [-0.39, 0.29) is 58.9 Å². The molecule has 0 atom stereocenters. The van der Waals surface area contributed by atoms with E-state index in [1.807, 2.05) is 0 Å². The molecule has 0 unspecified atom stereocenters. The molecule has 0 radical (unpaired) electrons. The number of rotatable bonds is 0. The van der Waals surface area contributed by atoms with Crippen LogP contribution in [0.15, 0.2) is 0 Å². The summed E-state index contributed by atoms with van der Waals surface area (Å²) in [5.74, 6) is 0. The molecule has 0 saturated carbocycles. The van der Waals surface area contributed by atoms with Crippen LogP contribution in [0.5, 0.6) is 0 Å². The first-order valence-corrected chi connectivity index (χ1v) is 0.854. The summed E-state index contributed by atoms with van der Waals surface area (Å²) in [6.45, 7) is 0. The Morgan fingerprint density at radius 3 is 1.00 bits per heavy atom. The zero-order valence-corrected chi connectivity index (χ0v) is 8.34. The Hall–Kier alpha value is 1.94. The molecule has 0 aromatic heterocycles. The Balaban J connectivity index is -0.000000000833. The first-order valence-electron chi connectivity index (χ1n) is 0.144. The summed E-state index contributed by atoms with van der Waals surface area (Å²) in [6, 6.07) is 0. The van der Waals surface area contributed by atoms with Crippen LogP contribution >= 0.6 is 0 Å². The average molecular weight is 288 g/mol. The van der Waals surface area contributed by atoms with Crippen molar-refractivity contribution < 1.29 is 80.7 Å². The summed E-state index contributed by atoms with van der Waals surface area (Å²) < 4.78 is 8.18. The van der Waals surface area contributed by atoms with Gasteiger partial charge in [-0.15, -0.1) is 0 Å². The zero-order valence-electron chi connectivity index (χ0n) is 2.58. The van der Waals surface area contributed by atoms with Crippen molar-refractivity contribution in [3.63, 3.8) is 0 Å². The second kappa shape index (κ2) is 65.0. The van der Waals surface area contributed by atoms with Gasteiger partial charge < -0.3 is 11.0 Å². The van der Waals surface area contributed by atoms with Gasteiger partial charge in [-0.3, -0.25) is 0 Å². The quantitative estimate of drug-likeness (QED) is 0.561. The molecule has 0 aliphatic carbocycles. The van der Waals surface area contributed by atoms with Crippen molar-refractivity contribution in [3.8, 4) is 0 Å². The molecule has 0 bridgehead atoms. The van der Waals surface area contributed by atoms with Crippen LogP contribution in [0, 0.1) is 0 Å². The standard InChI is InChI=1S/3O.Ru.Ti.Zr/q;2*-2;+1;2*+4. The molecule has 0 heterocycles. The van der Waals surface area contributed by atoms with E-state index in [0.717, 1.165) is 18.3 Å². The Morgan fingerprint density at radius 1 is 1.00 bits per heavy atom. The van der Waals surface area contributed by atoms with Crippen molar-refractivity contribution in [2.45, 2.75) is 0 Å². The molecule has 0 rings (SSSR count). The van der Waals surface area contributed by atoms with Gasteiger partial charge in [0.2, 0.25) is 0 Å². The van der Waals surface area contributed by atoms with Crippen molar-refractivity contribution >= 4 is 0 Å². The monoisotopic (exact) mass is 288 g/mol. The molecule has 0 aromatic carbocycles. The van der Waals surface area contributed by atoms with E-state index in [0.29, 0.717) is 0 Å². The molecule has 0 spiro atoms. The van der Waals surface area contributed by atoms with E-state index in [4.69, 9.17) is 3.57 Å². The van der Waals surface area contributed by atoms with Gasteiger partial charge in [0.25, 0.3) is 0 Å². The minimum atomic E-state index is 0. The van der Waals surface area contributed by atoms with Crippen molar-refractivity contribution in [2.75, 3.05) is 0 Å². The molecule has 0 N–H and O–H groups in total. The molecule has 0 amide bonds. The molecule has 0 saturated heterocycles. The largest absolute Gasteiger partial charge is 4.00 e. The predicted octanol–water partition coefficient (Wildman–Crippen LogP) is -0.364. The SMILES string of the molecule is [O-2].[O-2].[O]=[Ru+].[Ti+4].[Zr+4]. The maximum absolute atomic E-state index is 8.18. The molecule has 6 heavy (non-hydrogen) atoms. The van der Waals surface area contributed by atoms with E-state index in [2.05, 4.69) is 0 Å². The molecule has 6 heteroatoms. The second-order valence-corrected chi connectivity index (χ2v) is 0. The summed E-state index contributed by atoms with van der Waals surface area (Å²) in [7, 11) is 0. The number of hydrogen-bond acceptors (Lipinski definition) is 1. The van der Waals surface area contributed by atoms with Gasteiger partial charge in [-0.2, -0.15) is 0 Å². The molecule has 3 nitrogen and oxygen atoms in total. The summed E-state index contributed by atoms with van der Waals surface area (Å²) >= 11 is 1.10. The van der Waals surface area contributed by atoms with Gasteiger partial charge in [0.1, 0.15) is 0 Å². The van der Waals surface area contributed by atoms with Gasteiger partial charge in [-0.25, -0.2) is 0 Å². The average Bonchev–Trinajstić information content (AvgIpc) is 1.00. The zero-order chi connectivity index (χ0) is 2.00. The Morgan fingerprint density at radius 2 is 1.00 bits per heavy atom. The van der Waals surface area contributed by atoms with Gasteiger partial charge in [0.05, 0.1) is 0 Å². The minimum absolute atomic E-state index is 0. The van der Waals surface area contributed by atoms with Crippen molar-refractivity contribution in [1.82, 2.24) is 0 Å². The molecular formula is O3RuTiZr+5. The van der Waals surface area contributed by atoms with Crippen LogP contribution in [0.1, 0.15) is 0 Å². The van der Waals surface area contributed by atoms with Gasteiger partial charge in [0, 0.05) is 0 Å².